The highest BCUT2D eigenvalue weighted by molar-refractivity contribution is 5.58. The van der Waals surface area contributed by atoms with Crippen molar-refractivity contribution in [2.24, 2.45) is 4.99 Å². The van der Waals surface area contributed by atoms with Crippen LogP contribution in [0.4, 0.5) is 0 Å². The third-order valence-corrected chi connectivity index (χ3v) is 3.26. The highest BCUT2D eigenvalue weighted by Crippen LogP contribution is 2.25. The van der Waals surface area contributed by atoms with Gasteiger partial charge in [0.25, 0.3) is 0 Å². The fraction of sp³-hybridized carbons (Fsp3) is 0.846. The van der Waals surface area contributed by atoms with Gasteiger partial charge >= 0.3 is 0 Å². The fourth-order valence-electron chi connectivity index (χ4n) is 2.19. The lowest BCUT2D eigenvalue weighted by molar-refractivity contribution is -0.262. The topological polar surface area (TPSA) is 97.6 Å². The van der Waals surface area contributed by atoms with Crippen LogP contribution in [0.15, 0.2) is 4.99 Å². The van der Waals surface area contributed by atoms with E-state index >= 15 is 0 Å². The van der Waals surface area contributed by atoms with E-state index in [1.54, 1.807) is 6.21 Å². The van der Waals surface area contributed by atoms with Gasteiger partial charge in [-0.1, -0.05) is 0 Å². The number of methoxy groups -OCH3 is 2. The molecule has 7 heteroatoms. The molecule has 5 atom stereocenters. The SMILES string of the molecule is COC1OC(CO)C(OC)C(O)C1N=CCCCC=O. The van der Waals surface area contributed by atoms with Crippen molar-refractivity contribution in [2.45, 2.75) is 49.9 Å². The van der Waals surface area contributed by atoms with Crippen molar-refractivity contribution in [3.8, 4) is 0 Å². The Morgan fingerprint density at radius 3 is 2.60 bits per heavy atom. The summed E-state index contributed by atoms with van der Waals surface area (Å²) < 4.78 is 15.8. The quantitative estimate of drug-likeness (QED) is 0.356. The molecule has 0 aromatic carbocycles. The molecule has 1 heterocycles. The lowest BCUT2D eigenvalue weighted by atomic mass is 9.97. The van der Waals surface area contributed by atoms with Crippen LogP contribution in [0.3, 0.4) is 0 Å². The van der Waals surface area contributed by atoms with Gasteiger partial charge in [-0.3, -0.25) is 4.99 Å². The van der Waals surface area contributed by atoms with Gasteiger partial charge in [-0.15, -0.1) is 0 Å². The molecule has 5 unspecified atom stereocenters. The van der Waals surface area contributed by atoms with E-state index < -0.39 is 30.6 Å². The molecule has 1 rings (SSSR count). The smallest absolute Gasteiger partial charge is 0.182 e. The summed E-state index contributed by atoms with van der Waals surface area (Å²) in [5.74, 6) is 0. The van der Waals surface area contributed by atoms with Gasteiger partial charge in [0.1, 0.15) is 30.6 Å². The Balaban J connectivity index is 2.67. The minimum absolute atomic E-state index is 0.273. The van der Waals surface area contributed by atoms with Crippen LogP contribution in [-0.4, -0.2) is 74.2 Å². The Bertz CT molecular complexity index is 311. The Labute approximate surface area is 118 Å². The highest BCUT2D eigenvalue weighted by atomic mass is 16.7. The van der Waals surface area contributed by atoms with E-state index in [4.69, 9.17) is 14.2 Å². The molecule has 0 saturated carbocycles. The summed E-state index contributed by atoms with van der Waals surface area (Å²) in [5, 5.41) is 19.5. The molecule has 1 fully saturated rings. The number of unbranched alkanes of at least 4 members (excludes halogenated alkanes) is 2. The number of hydrogen-bond donors (Lipinski definition) is 2. The largest absolute Gasteiger partial charge is 0.394 e. The maximum absolute atomic E-state index is 10.3. The number of aliphatic imine (C=N–C) groups is 1. The maximum Gasteiger partial charge on any atom is 0.182 e. The summed E-state index contributed by atoms with van der Waals surface area (Å²) in [5.41, 5.74) is 0. The zero-order chi connectivity index (χ0) is 15.0. The second kappa shape index (κ2) is 9.15. The van der Waals surface area contributed by atoms with Gasteiger partial charge in [-0.2, -0.15) is 0 Å². The second-order valence-electron chi connectivity index (χ2n) is 4.57. The molecule has 0 aromatic rings. The maximum atomic E-state index is 10.3. The van der Waals surface area contributed by atoms with Gasteiger partial charge in [0, 0.05) is 20.6 Å². The van der Waals surface area contributed by atoms with Crippen LogP contribution >= 0.6 is 0 Å². The van der Waals surface area contributed by atoms with Gasteiger partial charge in [-0.25, -0.2) is 0 Å². The van der Waals surface area contributed by atoms with E-state index in [9.17, 15) is 15.0 Å². The van der Waals surface area contributed by atoms with Crippen LogP contribution in [0.1, 0.15) is 19.3 Å². The summed E-state index contributed by atoms with van der Waals surface area (Å²) in [6.45, 7) is -0.273. The third kappa shape index (κ3) is 4.32. The lowest BCUT2D eigenvalue weighted by Gasteiger charge is -2.41. The van der Waals surface area contributed by atoms with E-state index in [2.05, 4.69) is 4.99 Å². The van der Waals surface area contributed by atoms with Crippen molar-refractivity contribution >= 4 is 12.5 Å². The van der Waals surface area contributed by atoms with Crippen LogP contribution < -0.4 is 0 Å². The van der Waals surface area contributed by atoms with Gasteiger partial charge in [-0.05, 0) is 19.1 Å². The number of rotatable bonds is 8. The fourth-order valence-corrected chi connectivity index (χ4v) is 2.19. The summed E-state index contributed by atoms with van der Waals surface area (Å²) in [4.78, 5) is 14.5. The molecular weight excluding hydrogens is 266 g/mol. The summed E-state index contributed by atoms with van der Waals surface area (Å²) in [6, 6.07) is -0.621. The Kier molecular flexibility index (Phi) is 7.86. The standard InChI is InChI=1S/C13H23NO6/c1-18-12-9(8-16)20-13(19-2)10(11(12)17)14-6-4-3-5-7-15/h6-7,9-13,16-17H,3-5,8H2,1-2H3. The van der Waals surface area contributed by atoms with Crippen molar-refractivity contribution in [3.05, 3.63) is 0 Å². The number of nitrogens with zero attached hydrogens (tertiary/aromatic N) is 1. The molecule has 0 bridgehead atoms. The van der Waals surface area contributed by atoms with E-state index in [1.807, 2.05) is 0 Å². The third-order valence-electron chi connectivity index (χ3n) is 3.26. The molecule has 0 aromatic heterocycles. The molecule has 1 saturated heterocycles. The minimum Gasteiger partial charge on any atom is -0.394 e. The predicted molar refractivity (Wildman–Crippen MR) is 71.8 cm³/mol. The monoisotopic (exact) mass is 289 g/mol. The second-order valence-corrected chi connectivity index (χ2v) is 4.57. The molecule has 7 nitrogen and oxygen atoms in total. The average molecular weight is 289 g/mol. The van der Waals surface area contributed by atoms with E-state index in [0.717, 1.165) is 6.29 Å². The molecule has 116 valence electrons. The van der Waals surface area contributed by atoms with Crippen molar-refractivity contribution < 1.29 is 29.2 Å². The number of carbonyl (C=O) groups is 1. The van der Waals surface area contributed by atoms with Crippen LogP contribution in [0.2, 0.25) is 0 Å². The number of carbonyl (C=O) groups excluding carboxylic acids is 1. The average Bonchev–Trinajstić information content (AvgIpc) is 2.47. The molecule has 20 heavy (non-hydrogen) atoms. The molecule has 1 aliphatic heterocycles. The van der Waals surface area contributed by atoms with E-state index in [-0.39, 0.29) is 6.61 Å². The first-order valence-electron chi connectivity index (χ1n) is 6.64. The highest BCUT2D eigenvalue weighted by Gasteiger charge is 2.45. The van der Waals surface area contributed by atoms with Crippen molar-refractivity contribution in [1.82, 2.24) is 0 Å². The molecule has 0 spiro atoms. The first kappa shape index (κ1) is 17.2. The van der Waals surface area contributed by atoms with Gasteiger partial charge in [0.15, 0.2) is 6.29 Å². The van der Waals surface area contributed by atoms with Crippen molar-refractivity contribution in [3.63, 3.8) is 0 Å². The van der Waals surface area contributed by atoms with E-state index in [0.29, 0.717) is 19.3 Å². The molecule has 0 aliphatic carbocycles. The summed E-state index contributed by atoms with van der Waals surface area (Å²) in [6.07, 6.45) is 1.35. The van der Waals surface area contributed by atoms with E-state index in [1.165, 1.54) is 14.2 Å². The minimum atomic E-state index is -0.932. The number of ether oxygens (including phenoxy) is 3. The molecule has 0 amide bonds. The lowest BCUT2D eigenvalue weighted by Crippen LogP contribution is -2.59. The first-order chi connectivity index (χ1) is 9.69. The number of aliphatic hydroxyl groups excluding tert-OH is 2. The first-order valence-corrected chi connectivity index (χ1v) is 6.64. The van der Waals surface area contributed by atoms with Crippen LogP contribution in [0.5, 0.6) is 0 Å². The van der Waals surface area contributed by atoms with Gasteiger partial charge in [0.2, 0.25) is 0 Å². The van der Waals surface area contributed by atoms with Gasteiger partial charge in [0.05, 0.1) is 6.61 Å². The Morgan fingerprint density at radius 2 is 2.05 bits per heavy atom. The van der Waals surface area contributed by atoms with Gasteiger partial charge < -0.3 is 29.2 Å². The molecular formula is C13H23NO6. The Morgan fingerprint density at radius 1 is 1.30 bits per heavy atom. The van der Waals surface area contributed by atoms with Crippen LogP contribution in [-0.2, 0) is 19.0 Å². The van der Waals surface area contributed by atoms with Crippen molar-refractivity contribution in [1.29, 1.82) is 0 Å². The zero-order valence-electron chi connectivity index (χ0n) is 11.8. The van der Waals surface area contributed by atoms with Crippen LogP contribution in [0, 0.1) is 0 Å². The molecule has 1 aliphatic rings. The normalized spacial score (nSPS) is 34.5. The zero-order valence-corrected chi connectivity index (χ0v) is 11.8. The van der Waals surface area contributed by atoms with Crippen molar-refractivity contribution in [2.75, 3.05) is 20.8 Å². The summed E-state index contributed by atoms with van der Waals surface area (Å²) in [7, 11) is 2.89. The summed E-state index contributed by atoms with van der Waals surface area (Å²) >= 11 is 0. The Hall–Kier alpha value is -0.860. The molecule has 2 N–H and O–H groups in total. The predicted octanol–water partition coefficient (Wildman–Crippen LogP) is -0.465. The number of hydrogen-bond acceptors (Lipinski definition) is 7. The number of aldehydes is 1. The van der Waals surface area contributed by atoms with Crippen LogP contribution in [0.25, 0.3) is 0 Å². The molecule has 0 radical (unpaired) electrons. The number of aliphatic hydroxyl groups is 2.